The molecule has 1 aromatic heterocycles. The Morgan fingerprint density at radius 1 is 1.50 bits per heavy atom. The molecule has 0 saturated heterocycles. The van der Waals surface area contributed by atoms with Gasteiger partial charge < -0.3 is 0 Å². The van der Waals surface area contributed by atoms with E-state index in [1.54, 1.807) is 0 Å². The third kappa shape index (κ3) is 1.97. The summed E-state index contributed by atoms with van der Waals surface area (Å²) < 4.78 is 0. The fraction of sp³-hybridized carbons (Fsp3) is 0.615. The summed E-state index contributed by atoms with van der Waals surface area (Å²) in [5.41, 5.74) is 2.87. The highest BCUT2D eigenvalue weighted by Crippen LogP contribution is 2.34. The zero-order valence-corrected chi connectivity index (χ0v) is 9.16. The lowest BCUT2D eigenvalue weighted by Gasteiger charge is -2.25. The minimum atomic E-state index is 0.722. The molecule has 0 spiro atoms. The summed E-state index contributed by atoms with van der Waals surface area (Å²) in [6, 6.07) is 4.31. The van der Waals surface area contributed by atoms with Crippen molar-refractivity contribution < 1.29 is 0 Å². The molecule has 1 atom stereocenters. The van der Waals surface area contributed by atoms with Crippen LogP contribution in [0, 0.1) is 5.92 Å². The molecule has 2 rings (SSSR count). The average Bonchev–Trinajstić information content (AvgIpc) is 2.18. The maximum absolute atomic E-state index is 4.55. The van der Waals surface area contributed by atoms with Gasteiger partial charge in [0.2, 0.25) is 0 Å². The standard InChI is InChI=1S/C13H19N/c1-10(2)9-12-6-3-5-11-7-4-8-14-13(11)12/h4,7-8,10,12H,3,5-6,9H2,1-2H3. The van der Waals surface area contributed by atoms with Crippen LogP contribution in [0.25, 0.3) is 0 Å². The highest BCUT2D eigenvalue weighted by atomic mass is 14.7. The predicted octanol–water partition coefficient (Wildman–Crippen LogP) is 3.55. The van der Waals surface area contributed by atoms with Gasteiger partial charge in [0.15, 0.2) is 0 Å². The quantitative estimate of drug-likeness (QED) is 0.693. The topological polar surface area (TPSA) is 12.9 Å². The van der Waals surface area contributed by atoms with Gasteiger partial charge >= 0.3 is 0 Å². The monoisotopic (exact) mass is 189 g/mol. The molecule has 0 radical (unpaired) electrons. The van der Waals surface area contributed by atoms with Crippen LogP contribution in [0.2, 0.25) is 0 Å². The zero-order chi connectivity index (χ0) is 9.97. The number of hydrogen-bond acceptors (Lipinski definition) is 1. The molecule has 14 heavy (non-hydrogen) atoms. The summed E-state index contributed by atoms with van der Waals surface area (Å²) >= 11 is 0. The minimum absolute atomic E-state index is 0.722. The fourth-order valence-electron chi connectivity index (χ4n) is 2.50. The Morgan fingerprint density at radius 3 is 3.14 bits per heavy atom. The SMILES string of the molecule is CC(C)CC1CCCc2cccnc21. The Labute approximate surface area is 86.6 Å². The number of nitrogens with zero attached hydrogens (tertiary/aromatic N) is 1. The van der Waals surface area contributed by atoms with Crippen LogP contribution in [0.3, 0.4) is 0 Å². The van der Waals surface area contributed by atoms with Crippen molar-refractivity contribution in [1.82, 2.24) is 4.98 Å². The van der Waals surface area contributed by atoms with Crippen LogP contribution in [0.1, 0.15) is 50.3 Å². The Morgan fingerprint density at radius 2 is 2.36 bits per heavy atom. The van der Waals surface area contributed by atoms with E-state index in [4.69, 9.17) is 0 Å². The van der Waals surface area contributed by atoms with Crippen molar-refractivity contribution in [2.75, 3.05) is 0 Å². The fourth-order valence-corrected chi connectivity index (χ4v) is 2.50. The maximum Gasteiger partial charge on any atom is 0.0466 e. The molecule has 1 aliphatic rings. The highest BCUT2D eigenvalue weighted by Gasteiger charge is 2.21. The molecule has 0 aromatic carbocycles. The second kappa shape index (κ2) is 4.12. The summed E-state index contributed by atoms with van der Waals surface area (Å²) in [6.45, 7) is 4.61. The van der Waals surface area contributed by atoms with Gasteiger partial charge in [0, 0.05) is 17.8 Å². The van der Waals surface area contributed by atoms with E-state index in [-0.39, 0.29) is 0 Å². The molecule has 0 amide bonds. The summed E-state index contributed by atoms with van der Waals surface area (Å²) in [7, 11) is 0. The Balaban J connectivity index is 2.22. The largest absolute Gasteiger partial charge is 0.261 e. The first-order valence-electron chi connectivity index (χ1n) is 5.71. The number of aromatic nitrogens is 1. The van der Waals surface area contributed by atoms with E-state index in [0.717, 1.165) is 11.8 Å². The maximum atomic E-state index is 4.55. The van der Waals surface area contributed by atoms with Gasteiger partial charge in [0.1, 0.15) is 0 Å². The van der Waals surface area contributed by atoms with Crippen LogP contribution < -0.4 is 0 Å². The van der Waals surface area contributed by atoms with E-state index in [1.807, 2.05) is 6.20 Å². The minimum Gasteiger partial charge on any atom is -0.261 e. The average molecular weight is 189 g/mol. The van der Waals surface area contributed by atoms with E-state index in [9.17, 15) is 0 Å². The smallest absolute Gasteiger partial charge is 0.0466 e. The van der Waals surface area contributed by atoms with E-state index < -0.39 is 0 Å². The summed E-state index contributed by atoms with van der Waals surface area (Å²) in [5.74, 6) is 1.51. The Bertz CT molecular complexity index is 304. The molecular weight excluding hydrogens is 170 g/mol. The number of rotatable bonds is 2. The predicted molar refractivity (Wildman–Crippen MR) is 59.4 cm³/mol. The van der Waals surface area contributed by atoms with Crippen molar-refractivity contribution in [1.29, 1.82) is 0 Å². The normalized spacial score (nSPS) is 20.9. The van der Waals surface area contributed by atoms with Crippen LogP contribution in [-0.4, -0.2) is 4.98 Å². The lowest BCUT2D eigenvalue weighted by atomic mass is 9.82. The molecule has 0 N–H and O–H groups in total. The third-order valence-corrected chi connectivity index (χ3v) is 3.07. The van der Waals surface area contributed by atoms with Gasteiger partial charge in [-0.15, -0.1) is 0 Å². The summed E-state index contributed by atoms with van der Waals surface area (Å²) in [6.07, 6.45) is 7.15. The molecule has 0 aliphatic heterocycles. The molecule has 0 bridgehead atoms. The molecule has 76 valence electrons. The molecule has 1 aliphatic carbocycles. The van der Waals surface area contributed by atoms with E-state index in [2.05, 4.69) is 31.0 Å². The Kier molecular flexibility index (Phi) is 2.85. The first kappa shape index (κ1) is 9.70. The van der Waals surface area contributed by atoms with Gasteiger partial charge in [-0.1, -0.05) is 19.9 Å². The Hall–Kier alpha value is -0.850. The van der Waals surface area contributed by atoms with Crippen molar-refractivity contribution >= 4 is 0 Å². The van der Waals surface area contributed by atoms with Crippen LogP contribution in [-0.2, 0) is 6.42 Å². The van der Waals surface area contributed by atoms with Crippen molar-refractivity contribution in [2.45, 2.75) is 45.4 Å². The lowest BCUT2D eigenvalue weighted by molar-refractivity contribution is 0.438. The summed E-state index contributed by atoms with van der Waals surface area (Å²) in [5, 5.41) is 0. The molecular formula is C13H19N. The van der Waals surface area contributed by atoms with Gasteiger partial charge in [0.25, 0.3) is 0 Å². The van der Waals surface area contributed by atoms with Crippen LogP contribution in [0.4, 0.5) is 0 Å². The molecule has 0 saturated carbocycles. The highest BCUT2D eigenvalue weighted by molar-refractivity contribution is 5.25. The van der Waals surface area contributed by atoms with Gasteiger partial charge in [-0.25, -0.2) is 0 Å². The number of fused-ring (bicyclic) bond motifs is 1. The van der Waals surface area contributed by atoms with Gasteiger partial charge in [-0.05, 0) is 43.2 Å². The van der Waals surface area contributed by atoms with Crippen molar-refractivity contribution in [3.05, 3.63) is 29.6 Å². The molecule has 1 aromatic rings. The second-order valence-electron chi connectivity index (χ2n) is 4.77. The van der Waals surface area contributed by atoms with Gasteiger partial charge in [-0.2, -0.15) is 0 Å². The van der Waals surface area contributed by atoms with Crippen molar-refractivity contribution in [3.8, 4) is 0 Å². The molecule has 1 unspecified atom stereocenters. The molecule has 1 nitrogen and oxygen atoms in total. The van der Waals surface area contributed by atoms with E-state index in [0.29, 0.717) is 0 Å². The first-order valence-corrected chi connectivity index (χ1v) is 5.71. The second-order valence-corrected chi connectivity index (χ2v) is 4.77. The van der Waals surface area contributed by atoms with Crippen molar-refractivity contribution in [3.63, 3.8) is 0 Å². The third-order valence-electron chi connectivity index (χ3n) is 3.07. The molecule has 1 heteroatoms. The molecule has 1 heterocycles. The van der Waals surface area contributed by atoms with Crippen LogP contribution in [0.15, 0.2) is 18.3 Å². The van der Waals surface area contributed by atoms with Gasteiger partial charge in [0.05, 0.1) is 0 Å². The van der Waals surface area contributed by atoms with Gasteiger partial charge in [-0.3, -0.25) is 4.98 Å². The lowest BCUT2D eigenvalue weighted by Crippen LogP contribution is -2.13. The number of aryl methyl sites for hydroxylation is 1. The summed E-state index contributed by atoms with van der Waals surface area (Å²) in [4.78, 5) is 4.55. The van der Waals surface area contributed by atoms with Crippen LogP contribution >= 0.6 is 0 Å². The first-order chi connectivity index (χ1) is 6.77. The molecule has 0 fully saturated rings. The zero-order valence-electron chi connectivity index (χ0n) is 9.16. The number of pyridine rings is 1. The van der Waals surface area contributed by atoms with E-state index >= 15 is 0 Å². The number of hydrogen-bond donors (Lipinski definition) is 0. The van der Waals surface area contributed by atoms with Crippen molar-refractivity contribution in [2.24, 2.45) is 5.92 Å². The van der Waals surface area contributed by atoms with Crippen LogP contribution in [0.5, 0.6) is 0 Å². The van der Waals surface area contributed by atoms with E-state index in [1.165, 1.54) is 36.9 Å².